The third-order valence-corrected chi connectivity index (χ3v) is 4.55. The number of fused-ring (bicyclic) bond motifs is 1. The number of phenolic OH excluding ortho intramolecular Hbond substituents is 1. The van der Waals surface area contributed by atoms with Gasteiger partial charge in [0.05, 0.1) is 13.2 Å². The van der Waals surface area contributed by atoms with Gasteiger partial charge in [0.2, 0.25) is 0 Å². The van der Waals surface area contributed by atoms with Gasteiger partial charge in [0.25, 0.3) is 0 Å². The number of rotatable bonds is 7. The number of aromatic hydroxyl groups is 1. The number of esters is 2. The lowest BCUT2D eigenvalue weighted by Gasteiger charge is -2.18. The first-order valence-electron chi connectivity index (χ1n) is 9.64. The van der Waals surface area contributed by atoms with Crippen LogP contribution in [0.15, 0.2) is 48.5 Å². The zero-order chi connectivity index (χ0) is 20.8. The minimum atomic E-state index is -0.644. The minimum absolute atomic E-state index is 0.138. The molecule has 2 aromatic rings. The first-order chi connectivity index (χ1) is 14.0. The molecule has 0 saturated carbocycles. The molecule has 2 aromatic carbocycles. The van der Waals surface area contributed by atoms with Crippen LogP contribution in [0.3, 0.4) is 0 Å². The molecule has 1 N–H and O–H groups in total. The van der Waals surface area contributed by atoms with E-state index < -0.39 is 18.0 Å². The van der Waals surface area contributed by atoms with Crippen molar-refractivity contribution in [1.82, 2.24) is 0 Å². The summed E-state index contributed by atoms with van der Waals surface area (Å²) >= 11 is 0. The van der Waals surface area contributed by atoms with Crippen LogP contribution in [0.1, 0.15) is 49.0 Å². The molecule has 29 heavy (non-hydrogen) atoms. The number of carbonyl (C=O) groups excluding carboxylic acids is 2. The van der Waals surface area contributed by atoms with Crippen LogP contribution in [0.5, 0.6) is 11.5 Å². The Morgan fingerprint density at radius 3 is 2.55 bits per heavy atom. The van der Waals surface area contributed by atoms with E-state index in [-0.39, 0.29) is 18.3 Å². The largest absolute Gasteiger partial charge is 0.508 e. The summed E-state index contributed by atoms with van der Waals surface area (Å²) in [5.74, 6) is -0.707. The molecule has 2 atom stereocenters. The van der Waals surface area contributed by atoms with Gasteiger partial charge >= 0.3 is 11.9 Å². The van der Waals surface area contributed by atoms with Crippen molar-refractivity contribution in [2.24, 2.45) is 0 Å². The fourth-order valence-electron chi connectivity index (χ4n) is 3.21. The first kappa shape index (κ1) is 20.5. The van der Waals surface area contributed by atoms with E-state index in [4.69, 9.17) is 14.2 Å². The molecule has 152 valence electrons. The predicted octanol–water partition coefficient (Wildman–Crippen LogP) is 4.14. The third-order valence-electron chi connectivity index (χ3n) is 4.55. The molecule has 1 aliphatic heterocycles. The lowest BCUT2D eigenvalue weighted by molar-refractivity contribution is -0.146. The van der Waals surface area contributed by atoms with Crippen LogP contribution >= 0.6 is 0 Å². The highest BCUT2D eigenvalue weighted by Crippen LogP contribution is 2.47. The van der Waals surface area contributed by atoms with Gasteiger partial charge in [-0.25, -0.2) is 4.79 Å². The van der Waals surface area contributed by atoms with Gasteiger partial charge in [0.15, 0.2) is 0 Å². The Bertz CT molecular complexity index is 900. The molecule has 1 heterocycles. The van der Waals surface area contributed by atoms with Crippen molar-refractivity contribution < 1.29 is 28.9 Å². The first-order valence-corrected chi connectivity index (χ1v) is 9.64. The Labute approximate surface area is 169 Å². The number of phenols is 1. The second-order valence-electron chi connectivity index (χ2n) is 6.66. The van der Waals surface area contributed by atoms with Gasteiger partial charge < -0.3 is 19.3 Å². The summed E-state index contributed by atoms with van der Waals surface area (Å²) in [4.78, 5) is 24.4. The van der Waals surface area contributed by atoms with Crippen molar-refractivity contribution in [2.45, 2.75) is 32.3 Å². The quantitative estimate of drug-likeness (QED) is 0.560. The summed E-state index contributed by atoms with van der Waals surface area (Å²) in [6.07, 6.45) is 3.21. The molecule has 0 radical (unpaired) electrons. The van der Waals surface area contributed by atoms with Gasteiger partial charge in [-0.15, -0.1) is 0 Å². The molecule has 3 rings (SSSR count). The second-order valence-corrected chi connectivity index (χ2v) is 6.66. The van der Waals surface area contributed by atoms with E-state index in [1.54, 1.807) is 43.3 Å². The summed E-state index contributed by atoms with van der Waals surface area (Å²) in [7, 11) is 0. The van der Waals surface area contributed by atoms with Crippen LogP contribution in [0, 0.1) is 0 Å². The highest BCUT2D eigenvalue weighted by Gasteiger charge is 2.41. The van der Waals surface area contributed by atoms with Crippen molar-refractivity contribution in [3.63, 3.8) is 0 Å². The van der Waals surface area contributed by atoms with Gasteiger partial charge in [-0.05, 0) is 54.8 Å². The van der Waals surface area contributed by atoms with Crippen LogP contribution in [0.25, 0.3) is 6.08 Å². The van der Waals surface area contributed by atoms with Crippen molar-refractivity contribution >= 4 is 18.0 Å². The highest BCUT2D eigenvalue weighted by atomic mass is 16.5. The monoisotopic (exact) mass is 396 g/mol. The van der Waals surface area contributed by atoms with E-state index in [1.807, 2.05) is 19.1 Å². The topological polar surface area (TPSA) is 82.1 Å². The Kier molecular flexibility index (Phi) is 6.54. The fraction of sp³-hybridized carbons (Fsp3) is 0.304. The molecule has 0 unspecified atom stereocenters. The van der Waals surface area contributed by atoms with Gasteiger partial charge in [-0.1, -0.05) is 25.1 Å². The molecular weight excluding hydrogens is 372 g/mol. The summed E-state index contributed by atoms with van der Waals surface area (Å²) in [6, 6.07) is 12.0. The SMILES string of the molecule is CCCOC(=O)/C=C/c1ccc2c(c1)[C@H](C(=O)OCC)[C@@H](c1ccc(O)cc1)O2. The Balaban J connectivity index is 1.90. The van der Waals surface area contributed by atoms with Crippen molar-refractivity contribution in [3.8, 4) is 11.5 Å². The summed E-state index contributed by atoms with van der Waals surface area (Å²) in [6.45, 7) is 4.32. The maximum Gasteiger partial charge on any atom is 0.330 e. The van der Waals surface area contributed by atoms with Crippen LogP contribution in [-0.4, -0.2) is 30.3 Å². The van der Waals surface area contributed by atoms with Crippen LogP contribution in [-0.2, 0) is 19.1 Å². The average Bonchev–Trinajstić information content (AvgIpc) is 3.10. The third kappa shape index (κ3) is 4.77. The predicted molar refractivity (Wildman–Crippen MR) is 108 cm³/mol. The Morgan fingerprint density at radius 2 is 1.86 bits per heavy atom. The molecular formula is C23H24O6. The molecule has 0 aromatic heterocycles. The van der Waals surface area contributed by atoms with Crippen LogP contribution < -0.4 is 4.74 Å². The second kappa shape index (κ2) is 9.28. The number of hydrogen-bond donors (Lipinski definition) is 1. The van der Waals surface area contributed by atoms with E-state index in [2.05, 4.69) is 0 Å². The summed E-state index contributed by atoms with van der Waals surface area (Å²) in [5, 5.41) is 9.55. The minimum Gasteiger partial charge on any atom is -0.508 e. The number of carbonyl (C=O) groups is 2. The average molecular weight is 396 g/mol. The smallest absolute Gasteiger partial charge is 0.330 e. The molecule has 0 amide bonds. The molecule has 0 spiro atoms. The zero-order valence-corrected chi connectivity index (χ0v) is 16.5. The van der Waals surface area contributed by atoms with E-state index in [9.17, 15) is 14.7 Å². The van der Waals surface area contributed by atoms with E-state index >= 15 is 0 Å². The Hall–Kier alpha value is -3.28. The lowest BCUT2D eigenvalue weighted by atomic mass is 9.90. The number of benzene rings is 2. The van der Waals surface area contributed by atoms with Crippen molar-refractivity contribution in [2.75, 3.05) is 13.2 Å². The normalized spacial score (nSPS) is 17.6. The fourth-order valence-corrected chi connectivity index (χ4v) is 3.21. The zero-order valence-electron chi connectivity index (χ0n) is 16.5. The molecule has 0 aliphatic carbocycles. The van der Waals surface area contributed by atoms with Crippen molar-refractivity contribution in [1.29, 1.82) is 0 Å². The number of ether oxygens (including phenoxy) is 3. The van der Waals surface area contributed by atoms with Gasteiger partial charge in [-0.2, -0.15) is 0 Å². The van der Waals surface area contributed by atoms with Crippen molar-refractivity contribution in [3.05, 3.63) is 65.2 Å². The summed E-state index contributed by atoms with van der Waals surface area (Å²) in [5.41, 5.74) is 2.21. The molecule has 1 aliphatic rings. The molecule has 0 fully saturated rings. The molecule has 6 nitrogen and oxygen atoms in total. The van der Waals surface area contributed by atoms with Gasteiger partial charge in [-0.3, -0.25) is 4.79 Å². The lowest BCUT2D eigenvalue weighted by Crippen LogP contribution is -2.21. The molecule has 0 saturated heterocycles. The molecule has 6 heteroatoms. The highest BCUT2D eigenvalue weighted by molar-refractivity contribution is 5.87. The maximum atomic E-state index is 12.7. The van der Waals surface area contributed by atoms with Gasteiger partial charge in [0, 0.05) is 11.6 Å². The van der Waals surface area contributed by atoms with E-state index in [0.717, 1.165) is 17.5 Å². The van der Waals surface area contributed by atoms with Gasteiger partial charge in [0.1, 0.15) is 23.5 Å². The molecule has 0 bridgehead atoms. The van der Waals surface area contributed by atoms with E-state index in [1.165, 1.54) is 6.08 Å². The van der Waals surface area contributed by atoms with Crippen LogP contribution in [0.2, 0.25) is 0 Å². The maximum absolute atomic E-state index is 12.7. The standard InChI is InChI=1S/C23H24O6/c1-3-13-28-20(25)12-6-15-5-11-19-18(14-15)21(23(26)27-4-2)22(29-19)16-7-9-17(24)10-8-16/h5-12,14,21-22,24H,3-4,13H2,1-2H3/b12-6+/t21-,22+/m0/s1. The van der Waals surface area contributed by atoms with Crippen LogP contribution in [0.4, 0.5) is 0 Å². The Morgan fingerprint density at radius 1 is 1.10 bits per heavy atom. The van der Waals surface area contributed by atoms with E-state index in [0.29, 0.717) is 17.9 Å². The number of hydrogen-bond acceptors (Lipinski definition) is 6. The summed E-state index contributed by atoms with van der Waals surface area (Å²) < 4.78 is 16.4.